The Balaban J connectivity index is 1.73. The normalized spacial score (nSPS) is 30.8. The number of nitrogens with one attached hydrogen (secondary N) is 1. The summed E-state index contributed by atoms with van der Waals surface area (Å²) in [7, 11) is 1.92. The van der Waals surface area contributed by atoms with Gasteiger partial charge in [0.2, 0.25) is 0 Å². The van der Waals surface area contributed by atoms with Crippen molar-refractivity contribution in [3.8, 4) is 0 Å². The van der Waals surface area contributed by atoms with Gasteiger partial charge >= 0.3 is 0 Å². The lowest BCUT2D eigenvalue weighted by Gasteiger charge is -2.27. The van der Waals surface area contributed by atoms with Crippen LogP contribution >= 0.6 is 11.6 Å². The molecule has 104 valence electrons. The van der Waals surface area contributed by atoms with Gasteiger partial charge in [-0.25, -0.2) is 4.39 Å². The maximum Gasteiger partial charge on any atom is 0.129 e. The Kier molecular flexibility index (Phi) is 3.81. The van der Waals surface area contributed by atoms with E-state index >= 15 is 0 Å². The first kappa shape index (κ1) is 13.4. The van der Waals surface area contributed by atoms with Crippen molar-refractivity contribution in [2.24, 2.45) is 17.8 Å². The van der Waals surface area contributed by atoms with Crippen molar-refractivity contribution in [3.05, 3.63) is 34.6 Å². The van der Waals surface area contributed by atoms with E-state index in [-0.39, 0.29) is 11.9 Å². The molecule has 3 heteroatoms. The van der Waals surface area contributed by atoms with Crippen LogP contribution in [0, 0.1) is 23.6 Å². The summed E-state index contributed by atoms with van der Waals surface area (Å²) in [6.07, 6.45) is 6.61. The molecular formula is C16H21ClFN. The monoisotopic (exact) mass is 281 g/mol. The van der Waals surface area contributed by atoms with E-state index in [1.807, 2.05) is 13.1 Å². The average Bonchev–Trinajstić information content (AvgIpc) is 2.99. The predicted molar refractivity (Wildman–Crippen MR) is 76.8 cm³/mol. The number of hydrogen-bond donors (Lipinski definition) is 1. The first-order valence-corrected chi connectivity index (χ1v) is 7.67. The van der Waals surface area contributed by atoms with Gasteiger partial charge in [0.1, 0.15) is 5.82 Å². The van der Waals surface area contributed by atoms with Gasteiger partial charge in [-0.05, 0) is 62.6 Å². The molecule has 2 saturated carbocycles. The number of rotatable bonds is 4. The molecular weight excluding hydrogens is 261 g/mol. The van der Waals surface area contributed by atoms with E-state index in [0.717, 1.165) is 29.7 Å². The molecule has 1 N–H and O–H groups in total. The van der Waals surface area contributed by atoms with Crippen molar-refractivity contribution in [1.82, 2.24) is 5.32 Å². The fraction of sp³-hybridized carbons (Fsp3) is 0.625. The van der Waals surface area contributed by atoms with Crippen LogP contribution < -0.4 is 5.32 Å². The molecule has 0 saturated heterocycles. The van der Waals surface area contributed by atoms with Crippen LogP contribution in [0.4, 0.5) is 4.39 Å². The highest BCUT2D eigenvalue weighted by atomic mass is 35.5. The van der Waals surface area contributed by atoms with E-state index in [1.165, 1.54) is 31.7 Å². The van der Waals surface area contributed by atoms with Crippen molar-refractivity contribution >= 4 is 11.6 Å². The van der Waals surface area contributed by atoms with Crippen molar-refractivity contribution in [1.29, 1.82) is 0 Å². The van der Waals surface area contributed by atoms with E-state index in [0.29, 0.717) is 5.02 Å². The van der Waals surface area contributed by atoms with Crippen molar-refractivity contribution in [2.45, 2.75) is 38.1 Å². The van der Waals surface area contributed by atoms with E-state index in [4.69, 9.17) is 11.6 Å². The van der Waals surface area contributed by atoms with Gasteiger partial charge in [-0.15, -0.1) is 0 Å². The van der Waals surface area contributed by atoms with Gasteiger partial charge in [-0.3, -0.25) is 0 Å². The van der Waals surface area contributed by atoms with Crippen molar-refractivity contribution < 1.29 is 4.39 Å². The van der Waals surface area contributed by atoms with Crippen LogP contribution in [0.25, 0.3) is 0 Å². The Hall–Kier alpha value is -0.600. The molecule has 1 aromatic carbocycles. The third kappa shape index (κ3) is 2.66. The summed E-state index contributed by atoms with van der Waals surface area (Å²) in [5, 5.41) is 3.75. The number of halogens is 2. The van der Waals surface area contributed by atoms with Crippen molar-refractivity contribution in [2.75, 3.05) is 7.05 Å². The minimum Gasteiger partial charge on any atom is -0.313 e. The number of hydrogen-bond acceptors (Lipinski definition) is 1. The summed E-state index contributed by atoms with van der Waals surface area (Å²) in [5.74, 6) is 2.42. The number of fused-ring (bicyclic) bond motifs is 2. The second-order valence-corrected chi connectivity index (χ2v) is 6.61. The Bertz CT molecular complexity index is 462. The zero-order valence-electron chi connectivity index (χ0n) is 11.3. The van der Waals surface area contributed by atoms with Crippen LogP contribution in [-0.4, -0.2) is 7.05 Å². The first-order valence-electron chi connectivity index (χ1n) is 7.29. The molecule has 2 aliphatic carbocycles. The van der Waals surface area contributed by atoms with E-state index in [9.17, 15) is 4.39 Å². The minimum atomic E-state index is -0.185. The average molecular weight is 282 g/mol. The van der Waals surface area contributed by atoms with E-state index in [1.54, 1.807) is 6.07 Å². The zero-order chi connectivity index (χ0) is 13.4. The van der Waals surface area contributed by atoms with Crippen molar-refractivity contribution in [3.63, 3.8) is 0 Å². The molecule has 2 bridgehead atoms. The third-order valence-corrected chi connectivity index (χ3v) is 5.34. The second-order valence-electron chi connectivity index (χ2n) is 6.18. The molecule has 0 radical (unpaired) electrons. The number of benzene rings is 1. The smallest absolute Gasteiger partial charge is 0.129 e. The Labute approximate surface area is 119 Å². The minimum absolute atomic E-state index is 0.113. The largest absolute Gasteiger partial charge is 0.313 e. The molecule has 2 fully saturated rings. The fourth-order valence-corrected chi connectivity index (χ4v) is 4.31. The Morgan fingerprint density at radius 1 is 1.37 bits per heavy atom. The second kappa shape index (κ2) is 5.41. The maximum absolute atomic E-state index is 14.0. The van der Waals surface area contributed by atoms with Gasteiger partial charge in [-0.2, -0.15) is 0 Å². The van der Waals surface area contributed by atoms with Gasteiger partial charge < -0.3 is 5.32 Å². The van der Waals surface area contributed by atoms with Gasteiger partial charge in [0, 0.05) is 16.6 Å². The van der Waals surface area contributed by atoms with Gasteiger partial charge in [0.25, 0.3) is 0 Å². The van der Waals surface area contributed by atoms with E-state index in [2.05, 4.69) is 5.32 Å². The van der Waals surface area contributed by atoms with Crippen LogP contribution in [0.1, 0.15) is 43.7 Å². The summed E-state index contributed by atoms with van der Waals surface area (Å²) < 4.78 is 14.0. The SMILES string of the molecule is CNC(CC1CC2CCC1C2)c1ccc(Cl)cc1F. The lowest BCUT2D eigenvalue weighted by molar-refractivity contribution is 0.282. The standard InChI is InChI=1S/C16H21ClFN/c1-19-16(14-5-4-13(17)9-15(14)18)8-12-7-10-2-3-11(12)6-10/h4-5,9-12,16,19H,2-3,6-8H2,1H3. The topological polar surface area (TPSA) is 12.0 Å². The van der Waals surface area contributed by atoms with Crippen LogP contribution in [-0.2, 0) is 0 Å². The fourth-order valence-electron chi connectivity index (χ4n) is 4.15. The maximum atomic E-state index is 14.0. The molecule has 0 heterocycles. The molecule has 0 amide bonds. The molecule has 0 aliphatic heterocycles. The molecule has 0 aromatic heterocycles. The zero-order valence-corrected chi connectivity index (χ0v) is 12.1. The Morgan fingerprint density at radius 2 is 2.21 bits per heavy atom. The summed E-state index contributed by atoms with van der Waals surface area (Å²) >= 11 is 5.83. The van der Waals surface area contributed by atoms with Crippen LogP contribution in [0.15, 0.2) is 18.2 Å². The van der Waals surface area contributed by atoms with Gasteiger partial charge in [-0.1, -0.05) is 24.1 Å². The van der Waals surface area contributed by atoms with Crippen LogP contribution in [0.2, 0.25) is 5.02 Å². The first-order chi connectivity index (χ1) is 9.17. The summed E-state index contributed by atoms with van der Waals surface area (Å²) in [6.45, 7) is 0. The van der Waals surface area contributed by atoms with Crippen LogP contribution in [0.3, 0.4) is 0 Å². The molecule has 3 rings (SSSR count). The molecule has 4 atom stereocenters. The highest BCUT2D eigenvalue weighted by molar-refractivity contribution is 6.30. The summed E-state index contributed by atoms with van der Waals surface area (Å²) in [5.41, 5.74) is 0.759. The quantitative estimate of drug-likeness (QED) is 0.853. The molecule has 1 nitrogen and oxygen atoms in total. The molecule has 2 aliphatic rings. The molecule has 4 unspecified atom stereocenters. The highest BCUT2D eigenvalue weighted by Crippen LogP contribution is 2.51. The Morgan fingerprint density at radius 3 is 2.79 bits per heavy atom. The predicted octanol–water partition coefficient (Wildman–Crippen LogP) is 4.57. The summed E-state index contributed by atoms with van der Waals surface area (Å²) in [6, 6.07) is 5.14. The molecule has 19 heavy (non-hydrogen) atoms. The summed E-state index contributed by atoms with van der Waals surface area (Å²) in [4.78, 5) is 0. The van der Waals surface area contributed by atoms with E-state index < -0.39 is 0 Å². The highest BCUT2D eigenvalue weighted by Gasteiger charge is 2.40. The molecule has 1 aromatic rings. The van der Waals surface area contributed by atoms with Gasteiger partial charge in [0.15, 0.2) is 0 Å². The molecule has 0 spiro atoms. The van der Waals surface area contributed by atoms with Gasteiger partial charge in [0.05, 0.1) is 0 Å². The third-order valence-electron chi connectivity index (χ3n) is 5.11. The lowest BCUT2D eigenvalue weighted by Crippen LogP contribution is -2.23. The van der Waals surface area contributed by atoms with Crippen LogP contribution in [0.5, 0.6) is 0 Å². The lowest BCUT2D eigenvalue weighted by atomic mass is 9.82.